The van der Waals surface area contributed by atoms with Crippen molar-refractivity contribution in [3.63, 3.8) is 0 Å². The van der Waals surface area contributed by atoms with Crippen molar-refractivity contribution in [3.05, 3.63) is 34.4 Å². The van der Waals surface area contributed by atoms with Crippen molar-refractivity contribution < 1.29 is 9.34 Å². The Kier molecular flexibility index (Phi) is 3.51. The molecule has 8 nitrogen and oxygen atoms in total. The maximum absolute atomic E-state index is 10.5. The molecule has 0 N–H and O–H groups in total. The summed E-state index contributed by atoms with van der Waals surface area (Å²) in [7, 11) is 3.68. The van der Waals surface area contributed by atoms with E-state index in [1.54, 1.807) is 23.4 Å². The summed E-state index contributed by atoms with van der Waals surface area (Å²) in [5.74, 6) is 0.410. The summed E-state index contributed by atoms with van der Waals surface area (Å²) in [6.45, 7) is 0. The highest BCUT2D eigenvalue weighted by Crippen LogP contribution is 2.24. The number of hydrogen-bond acceptors (Lipinski definition) is 6. The van der Waals surface area contributed by atoms with Crippen molar-refractivity contribution in [1.82, 2.24) is 15.1 Å². The molecule has 0 atom stereocenters. The Hall–Kier alpha value is -2.77. The second-order valence-corrected chi connectivity index (χ2v) is 3.88. The summed E-state index contributed by atoms with van der Waals surface area (Å²) in [5, 5.41) is 18.3. The van der Waals surface area contributed by atoms with Crippen LogP contribution >= 0.6 is 0 Å². The lowest BCUT2D eigenvalue weighted by atomic mass is 10.3. The van der Waals surface area contributed by atoms with Gasteiger partial charge in [-0.1, -0.05) is 0 Å². The Bertz CT molecular complexity index is 603. The monoisotopic (exact) mass is 261 g/mol. The number of aliphatic imine (C=N–C) groups is 1. The van der Waals surface area contributed by atoms with Gasteiger partial charge in [-0.2, -0.15) is 0 Å². The van der Waals surface area contributed by atoms with Gasteiger partial charge in [0.15, 0.2) is 11.6 Å². The Morgan fingerprint density at radius 1 is 1.32 bits per heavy atom. The second kappa shape index (κ2) is 5.25. The van der Waals surface area contributed by atoms with Crippen molar-refractivity contribution in [2.75, 3.05) is 14.1 Å². The molecule has 98 valence electrons. The van der Waals surface area contributed by atoms with Gasteiger partial charge in [-0.3, -0.25) is 10.1 Å². The number of nitro groups is 1. The summed E-state index contributed by atoms with van der Waals surface area (Å²) in [4.78, 5) is 15.7. The van der Waals surface area contributed by atoms with Gasteiger partial charge in [-0.15, -0.1) is 10.2 Å². The quantitative estimate of drug-likeness (QED) is 0.360. The molecule has 0 amide bonds. The van der Waals surface area contributed by atoms with Crippen molar-refractivity contribution in [2.24, 2.45) is 4.99 Å². The third-order valence-electron chi connectivity index (χ3n) is 2.10. The van der Waals surface area contributed by atoms with E-state index in [4.69, 9.17) is 4.42 Å². The average Bonchev–Trinajstić information content (AvgIpc) is 2.86. The zero-order valence-corrected chi connectivity index (χ0v) is 10.3. The minimum atomic E-state index is -0.604. The van der Waals surface area contributed by atoms with E-state index < -0.39 is 4.92 Å². The maximum Gasteiger partial charge on any atom is 0.433 e. The Morgan fingerprint density at radius 2 is 2.11 bits per heavy atom. The Morgan fingerprint density at radius 3 is 2.63 bits per heavy atom. The Balaban J connectivity index is 2.19. The third-order valence-corrected chi connectivity index (χ3v) is 2.10. The van der Waals surface area contributed by atoms with E-state index in [0.29, 0.717) is 17.3 Å². The highest BCUT2D eigenvalue weighted by atomic mass is 16.6. The van der Waals surface area contributed by atoms with E-state index >= 15 is 0 Å². The molecule has 0 spiro atoms. The van der Waals surface area contributed by atoms with Gasteiger partial charge in [0.1, 0.15) is 10.6 Å². The predicted octanol–water partition coefficient (Wildman–Crippen LogP) is 1.87. The van der Waals surface area contributed by atoms with Crippen LogP contribution in [0.3, 0.4) is 0 Å². The molecule has 8 heteroatoms. The summed E-state index contributed by atoms with van der Waals surface area (Å²) < 4.78 is 5.02. The molecular weight excluding hydrogens is 250 g/mol. The zero-order chi connectivity index (χ0) is 13.8. The number of rotatable bonds is 4. The van der Waals surface area contributed by atoms with Crippen LogP contribution in [0.5, 0.6) is 0 Å². The topological polar surface area (TPSA) is 97.7 Å². The van der Waals surface area contributed by atoms with Gasteiger partial charge in [0.05, 0.1) is 12.4 Å². The smallest absolute Gasteiger partial charge is 0.399 e. The lowest BCUT2D eigenvalue weighted by Crippen LogP contribution is -2.07. The summed E-state index contributed by atoms with van der Waals surface area (Å²) >= 11 is 0. The zero-order valence-electron chi connectivity index (χ0n) is 10.3. The molecule has 0 bridgehead atoms. The molecule has 0 aliphatic rings. The first-order valence-electron chi connectivity index (χ1n) is 5.35. The van der Waals surface area contributed by atoms with Gasteiger partial charge < -0.3 is 9.32 Å². The van der Waals surface area contributed by atoms with Crippen LogP contribution in [0.15, 0.2) is 33.7 Å². The first-order chi connectivity index (χ1) is 9.06. The van der Waals surface area contributed by atoms with Crippen LogP contribution in [0.2, 0.25) is 0 Å². The van der Waals surface area contributed by atoms with Gasteiger partial charge in [-0.25, -0.2) is 4.99 Å². The molecule has 0 saturated heterocycles. The number of furan rings is 1. The molecule has 0 unspecified atom stereocenters. The lowest BCUT2D eigenvalue weighted by Gasteiger charge is -2.01. The lowest BCUT2D eigenvalue weighted by molar-refractivity contribution is -0.401. The highest BCUT2D eigenvalue weighted by Gasteiger charge is 2.14. The van der Waals surface area contributed by atoms with Gasteiger partial charge in [0.25, 0.3) is 0 Å². The van der Waals surface area contributed by atoms with Crippen LogP contribution in [-0.2, 0) is 0 Å². The molecule has 0 aliphatic heterocycles. The van der Waals surface area contributed by atoms with Gasteiger partial charge in [0, 0.05) is 14.1 Å². The molecule has 0 fully saturated rings. The molecule has 19 heavy (non-hydrogen) atoms. The predicted molar refractivity (Wildman–Crippen MR) is 68.2 cm³/mol. The molecule has 2 aromatic rings. The fourth-order valence-electron chi connectivity index (χ4n) is 1.26. The second-order valence-electron chi connectivity index (χ2n) is 3.88. The molecule has 0 aromatic carbocycles. The Labute approximate surface area is 108 Å². The van der Waals surface area contributed by atoms with Crippen molar-refractivity contribution in [2.45, 2.75) is 0 Å². The highest BCUT2D eigenvalue weighted by molar-refractivity contribution is 5.60. The SMILES string of the molecule is CN(C)C=Nc1ccc(-c2ccc([N+](=O)[O-])o2)nn1. The molecule has 0 aliphatic carbocycles. The third kappa shape index (κ3) is 3.12. The molecular formula is C11H11N5O3. The molecule has 2 rings (SSSR count). The fraction of sp³-hybridized carbons (Fsp3) is 0.182. The van der Waals surface area contributed by atoms with Gasteiger partial charge in [-0.05, 0) is 18.2 Å². The first-order valence-corrected chi connectivity index (χ1v) is 5.35. The largest absolute Gasteiger partial charge is 0.433 e. The van der Waals surface area contributed by atoms with Crippen LogP contribution in [0.4, 0.5) is 11.7 Å². The van der Waals surface area contributed by atoms with Gasteiger partial charge in [0.2, 0.25) is 0 Å². The van der Waals surface area contributed by atoms with Crippen molar-refractivity contribution in [3.8, 4) is 11.5 Å². The average molecular weight is 261 g/mol. The summed E-state index contributed by atoms with van der Waals surface area (Å²) in [6.07, 6.45) is 1.60. The van der Waals surface area contributed by atoms with E-state index in [-0.39, 0.29) is 5.88 Å². The maximum atomic E-state index is 10.5. The molecule has 2 aromatic heterocycles. The van der Waals surface area contributed by atoms with Gasteiger partial charge >= 0.3 is 5.88 Å². The van der Waals surface area contributed by atoms with Crippen LogP contribution < -0.4 is 0 Å². The molecule has 0 radical (unpaired) electrons. The van der Waals surface area contributed by atoms with Crippen molar-refractivity contribution >= 4 is 18.0 Å². The minimum absolute atomic E-state index is 0.294. The van der Waals surface area contributed by atoms with E-state index in [9.17, 15) is 10.1 Å². The molecule has 0 saturated carbocycles. The van der Waals surface area contributed by atoms with E-state index in [1.807, 2.05) is 14.1 Å². The van der Waals surface area contributed by atoms with Crippen LogP contribution in [0.25, 0.3) is 11.5 Å². The molecule has 2 heterocycles. The van der Waals surface area contributed by atoms with E-state index in [2.05, 4.69) is 15.2 Å². The summed E-state index contributed by atoms with van der Waals surface area (Å²) in [6, 6.07) is 6.04. The normalized spacial score (nSPS) is 10.8. The number of aromatic nitrogens is 2. The van der Waals surface area contributed by atoms with E-state index in [1.165, 1.54) is 12.1 Å². The first kappa shape index (κ1) is 12.7. The minimum Gasteiger partial charge on any atom is -0.399 e. The van der Waals surface area contributed by atoms with Crippen molar-refractivity contribution in [1.29, 1.82) is 0 Å². The fourth-order valence-corrected chi connectivity index (χ4v) is 1.26. The number of hydrogen-bond donors (Lipinski definition) is 0. The number of nitrogens with zero attached hydrogens (tertiary/aromatic N) is 5. The summed E-state index contributed by atoms with van der Waals surface area (Å²) in [5.41, 5.74) is 0.414. The van der Waals surface area contributed by atoms with E-state index in [0.717, 1.165) is 0 Å². The van der Waals surface area contributed by atoms with Crippen LogP contribution in [0, 0.1) is 10.1 Å². The van der Waals surface area contributed by atoms with Crippen LogP contribution in [0.1, 0.15) is 0 Å². The van der Waals surface area contributed by atoms with Crippen LogP contribution in [-0.4, -0.2) is 40.5 Å². The standard InChI is InChI=1S/C11H11N5O3/c1-15(2)7-12-10-5-3-8(13-14-10)9-4-6-11(19-9)16(17)18/h3-7H,1-2H3.